The Hall–Kier alpha value is -2.02. The van der Waals surface area contributed by atoms with Gasteiger partial charge in [0.1, 0.15) is 6.33 Å². The Morgan fingerprint density at radius 1 is 1.35 bits per heavy atom. The van der Waals surface area contributed by atoms with Gasteiger partial charge in [-0.15, -0.1) is 5.10 Å². The van der Waals surface area contributed by atoms with E-state index in [1.807, 2.05) is 0 Å². The van der Waals surface area contributed by atoms with Gasteiger partial charge in [0.2, 0.25) is 5.95 Å². The van der Waals surface area contributed by atoms with Crippen LogP contribution in [0.3, 0.4) is 0 Å². The molecule has 0 aromatic carbocycles. The van der Waals surface area contributed by atoms with Crippen LogP contribution in [0.1, 0.15) is 6.42 Å². The lowest BCUT2D eigenvalue weighted by molar-refractivity contribution is 0.750. The van der Waals surface area contributed by atoms with Crippen LogP contribution in [0.25, 0.3) is 11.4 Å². The summed E-state index contributed by atoms with van der Waals surface area (Å²) in [6.07, 6.45) is 5.87. The Balaban J connectivity index is 1.84. The van der Waals surface area contributed by atoms with Gasteiger partial charge in [0, 0.05) is 31.5 Å². The maximum Gasteiger partial charge on any atom is 0.245 e. The normalized spacial score (nSPS) is 19.8. The predicted octanol–water partition coefficient (Wildman–Crippen LogP) is -0.201. The molecule has 0 bridgehead atoms. The van der Waals surface area contributed by atoms with E-state index in [-0.39, 0.29) is 6.04 Å². The summed E-state index contributed by atoms with van der Waals surface area (Å²) in [5.74, 6) is 1.37. The number of nitrogens with two attached hydrogens (primary N) is 1. The molecule has 3 heterocycles. The van der Waals surface area contributed by atoms with Crippen LogP contribution in [-0.4, -0.2) is 44.3 Å². The number of nitrogens with zero attached hydrogens (tertiary/aromatic N) is 5. The third-order valence-electron chi connectivity index (χ3n) is 2.82. The minimum absolute atomic E-state index is 0.219. The first-order valence-corrected chi connectivity index (χ1v) is 5.51. The maximum atomic E-state index is 5.85. The van der Waals surface area contributed by atoms with E-state index in [4.69, 9.17) is 5.73 Å². The lowest BCUT2D eigenvalue weighted by Crippen LogP contribution is -2.26. The van der Waals surface area contributed by atoms with Crippen molar-refractivity contribution in [2.75, 3.05) is 18.0 Å². The second-order valence-corrected chi connectivity index (χ2v) is 4.11. The molecule has 7 nitrogen and oxygen atoms in total. The third-order valence-corrected chi connectivity index (χ3v) is 2.82. The number of hydrogen-bond donors (Lipinski definition) is 2. The van der Waals surface area contributed by atoms with E-state index in [1.54, 1.807) is 12.4 Å². The second kappa shape index (κ2) is 4.10. The standard InChI is InChI=1S/C10H13N7/c11-8-1-2-17(5-8)10-14-9(15-16-10)7-3-12-6-13-4-7/h3-4,6,8H,1-2,5,11H2,(H,14,15,16). The molecule has 88 valence electrons. The van der Waals surface area contributed by atoms with Gasteiger partial charge in [-0.1, -0.05) is 0 Å². The molecular weight excluding hydrogens is 218 g/mol. The highest BCUT2D eigenvalue weighted by Crippen LogP contribution is 2.18. The fourth-order valence-corrected chi connectivity index (χ4v) is 1.91. The van der Waals surface area contributed by atoms with Crippen molar-refractivity contribution in [1.29, 1.82) is 0 Å². The molecule has 0 aliphatic carbocycles. The van der Waals surface area contributed by atoms with Crippen LogP contribution in [0.4, 0.5) is 5.95 Å². The molecule has 2 aromatic rings. The van der Waals surface area contributed by atoms with Gasteiger partial charge in [-0.3, -0.25) is 5.10 Å². The van der Waals surface area contributed by atoms with Gasteiger partial charge in [-0.05, 0) is 6.42 Å². The predicted molar refractivity (Wildman–Crippen MR) is 62.2 cm³/mol. The molecule has 0 saturated carbocycles. The molecule has 2 aromatic heterocycles. The lowest BCUT2D eigenvalue weighted by Gasteiger charge is -2.11. The van der Waals surface area contributed by atoms with E-state index in [9.17, 15) is 0 Å². The summed E-state index contributed by atoms with van der Waals surface area (Å²) < 4.78 is 0. The molecule has 7 heteroatoms. The topological polar surface area (TPSA) is 96.6 Å². The van der Waals surface area contributed by atoms with E-state index < -0.39 is 0 Å². The Labute approximate surface area is 98.1 Å². The SMILES string of the molecule is NC1CCN(c2n[nH]c(-c3cncnc3)n2)C1. The molecular formula is C10H13N7. The summed E-state index contributed by atoms with van der Waals surface area (Å²) in [4.78, 5) is 14.4. The Morgan fingerprint density at radius 3 is 2.88 bits per heavy atom. The van der Waals surface area contributed by atoms with Crippen molar-refractivity contribution in [2.24, 2.45) is 5.73 Å². The minimum atomic E-state index is 0.219. The zero-order chi connectivity index (χ0) is 11.7. The van der Waals surface area contributed by atoms with Crippen molar-refractivity contribution in [3.63, 3.8) is 0 Å². The van der Waals surface area contributed by atoms with Crippen molar-refractivity contribution in [3.8, 4) is 11.4 Å². The number of aromatic amines is 1. The summed E-state index contributed by atoms with van der Waals surface area (Å²) in [7, 11) is 0. The number of H-pyrrole nitrogens is 1. The van der Waals surface area contributed by atoms with Crippen LogP contribution in [0.15, 0.2) is 18.7 Å². The van der Waals surface area contributed by atoms with Crippen LogP contribution >= 0.6 is 0 Å². The summed E-state index contributed by atoms with van der Waals surface area (Å²) in [5, 5.41) is 7.08. The first-order valence-electron chi connectivity index (χ1n) is 5.51. The average Bonchev–Trinajstić information content (AvgIpc) is 2.98. The highest BCUT2D eigenvalue weighted by molar-refractivity contribution is 5.53. The Morgan fingerprint density at radius 2 is 2.18 bits per heavy atom. The molecule has 1 saturated heterocycles. The second-order valence-electron chi connectivity index (χ2n) is 4.11. The first-order chi connectivity index (χ1) is 8.33. The monoisotopic (exact) mass is 231 g/mol. The van der Waals surface area contributed by atoms with E-state index >= 15 is 0 Å². The number of hydrogen-bond acceptors (Lipinski definition) is 6. The van der Waals surface area contributed by atoms with Gasteiger partial charge in [0.15, 0.2) is 5.82 Å². The molecule has 3 rings (SSSR count). The smallest absolute Gasteiger partial charge is 0.245 e. The third kappa shape index (κ3) is 1.96. The first kappa shape index (κ1) is 10.2. The van der Waals surface area contributed by atoms with Gasteiger partial charge in [-0.25, -0.2) is 9.97 Å². The van der Waals surface area contributed by atoms with Crippen LogP contribution in [0, 0.1) is 0 Å². The van der Waals surface area contributed by atoms with Crippen LogP contribution in [-0.2, 0) is 0 Å². The molecule has 17 heavy (non-hydrogen) atoms. The number of anilines is 1. The molecule has 0 radical (unpaired) electrons. The van der Waals surface area contributed by atoms with E-state index in [1.165, 1.54) is 6.33 Å². The van der Waals surface area contributed by atoms with Crippen molar-refractivity contribution < 1.29 is 0 Å². The Bertz CT molecular complexity index is 494. The van der Waals surface area contributed by atoms with Crippen molar-refractivity contribution >= 4 is 5.95 Å². The number of aromatic nitrogens is 5. The van der Waals surface area contributed by atoms with Gasteiger partial charge in [-0.2, -0.15) is 4.98 Å². The molecule has 1 fully saturated rings. The van der Waals surface area contributed by atoms with E-state index in [2.05, 4.69) is 30.0 Å². The van der Waals surface area contributed by atoms with Crippen LogP contribution in [0.2, 0.25) is 0 Å². The highest BCUT2D eigenvalue weighted by atomic mass is 15.4. The van der Waals surface area contributed by atoms with Gasteiger partial charge < -0.3 is 10.6 Å². The van der Waals surface area contributed by atoms with Crippen molar-refractivity contribution in [2.45, 2.75) is 12.5 Å². The summed E-state index contributed by atoms with van der Waals surface area (Å²) in [6, 6.07) is 0.219. The number of nitrogens with one attached hydrogen (secondary N) is 1. The molecule has 1 atom stereocenters. The zero-order valence-electron chi connectivity index (χ0n) is 9.24. The van der Waals surface area contributed by atoms with Gasteiger partial charge >= 0.3 is 0 Å². The molecule has 1 aliphatic rings. The van der Waals surface area contributed by atoms with E-state index in [0.717, 1.165) is 25.1 Å². The molecule has 1 unspecified atom stereocenters. The highest BCUT2D eigenvalue weighted by Gasteiger charge is 2.22. The van der Waals surface area contributed by atoms with Gasteiger partial charge in [0.05, 0.1) is 5.56 Å². The molecule has 0 amide bonds. The summed E-state index contributed by atoms with van der Waals surface area (Å²) >= 11 is 0. The lowest BCUT2D eigenvalue weighted by atomic mass is 10.3. The quantitative estimate of drug-likeness (QED) is 0.743. The fraction of sp³-hybridized carbons (Fsp3) is 0.400. The number of rotatable bonds is 2. The molecule has 1 aliphatic heterocycles. The average molecular weight is 231 g/mol. The molecule has 3 N–H and O–H groups in total. The Kier molecular flexibility index (Phi) is 2.45. The summed E-state index contributed by atoms with van der Waals surface area (Å²) in [6.45, 7) is 1.71. The van der Waals surface area contributed by atoms with Crippen molar-refractivity contribution in [3.05, 3.63) is 18.7 Å². The van der Waals surface area contributed by atoms with Crippen LogP contribution in [0.5, 0.6) is 0 Å². The largest absolute Gasteiger partial charge is 0.338 e. The van der Waals surface area contributed by atoms with Gasteiger partial charge in [0.25, 0.3) is 0 Å². The summed E-state index contributed by atoms with van der Waals surface area (Å²) in [5.41, 5.74) is 6.68. The fourth-order valence-electron chi connectivity index (χ4n) is 1.91. The molecule has 0 spiro atoms. The van der Waals surface area contributed by atoms with Crippen LogP contribution < -0.4 is 10.6 Å². The zero-order valence-corrected chi connectivity index (χ0v) is 9.24. The van der Waals surface area contributed by atoms with Crippen molar-refractivity contribution in [1.82, 2.24) is 25.1 Å². The maximum absolute atomic E-state index is 5.85. The van der Waals surface area contributed by atoms with E-state index in [0.29, 0.717) is 11.8 Å². The minimum Gasteiger partial charge on any atom is -0.338 e.